The molecule has 0 aliphatic carbocycles. The zero-order valence-corrected chi connectivity index (χ0v) is 14.6. The van der Waals surface area contributed by atoms with Crippen LogP contribution in [0.5, 0.6) is 0 Å². The van der Waals surface area contributed by atoms with Gasteiger partial charge < -0.3 is 15.0 Å². The van der Waals surface area contributed by atoms with Crippen LogP contribution in [0.3, 0.4) is 0 Å². The lowest BCUT2D eigenvalue weighted by Crippen LogP contribution is -2.47. The molecule has 1 fully saturated rings. The number of hydrogen-bond donors (Lipinski definition) is 1. The van der Waals surface area contributed by atoms with Crippen LogP contribution in [0.25, 0.3) is 0 Å². The van der Waals surface area contributed by atoms with E-state index in [2.05, 4.69) is 24.1 Å². The van der Waals surface area contributed by atoms with Crippen molar-refractivity contribution in [2.75, 3.05) is 23.4 Å². The van der Waals surface area contributed by atoms with E-state index in [1.165, 1.54) is 0 Å². The number of hydrogen-bond acceptors (Lipinski definition) is 3. The fourth-order valence-electron chi connectivity index (χ4n) is 2.83. The number of carbonyl (C=O) groups is 1. The number of amides is 1. The third-order valence-corrected chi connectivity index (χ3v) is 4.39. The van der Waals surface area contributed by atoms with Crippen LogP contribution in [0.4, 0.5) is 11.4 Å². The van der Waals surface area contributed by atoms with Crippen molar-refractivity contribution in [3.8, 4) is 0 Å². The fourth-order valence-corrected chi connectivity index (χ4v) is 3.02. The Bertz CT molecular complexity index is 718. The van der Waals surface area contributed by atoms with Gasteiger partial charge in [-0.3, -0.25) is 4.79 Å². The highest BCUT2D eigenvalue weighted by atomic mass is 35.5. The average Bonchev–Trinajstić information content (AvgIpc) is 2.58. The molecule has 0 bridgehead atoms. The number of ether oxygens (including phenoxy) is 1. The van der Waals surface area contributed by atoms with E-state index in [4.69, 9.17) is 16.3 Å². The molecule has 126 valence electrons. The number of carbonyl (C=O) groups excluding carboxylic acids is 1. The smallest absolute Gasteiger partial charge is 0.255 e. The minimum Gasteiger partial charge on any atom is -0.375 e. The van der Waals surface area contributed by atoms with Crippen molar-refractivity contribution in [3.05, 3.63) is 59.1 Å². The highest BCUT2D eigenvalue weighted by Crippen LogP contribution is 2.24. The van der Waals surface area contributed by atoms with E-state index in [1.807, 2.05) is 24.3 Å². The molecular weight excluding hydrogens is 324 g/mol. The first kappa shape index (κ1) is 16.8. The van der Waals surface area contributed by atoms with Crippen molar-refractivity contribution in [2.24, 2.45) is 0 Å². The molecule has 1 saturated heterocycles. The Kier molecular flexibility index (Phi) is 5.07. The third kappa shape index (κ3) is 3.89. The van der Waals surface area contributed by atoms with Gasteiger partial charge in [-0.15, -0.1) is 0 Å². The number of anilines is 2. The molecule has 0 saturated carbocycles. The van der Waals surface area contributed by atoms with Crippen LogP contribution in [0, 0.1) is 0 Å². The Morgan fingerprint density at radius 2 is 1.96 bits per heavy atom. The topological polar surface area (TPSA) is 41.6 Å². The molecular formula is C19H21ClN2O2. The van der Waals surface area contributed by atoms with Gasteiger partial charge in [-0.2, -0.15) is 0 Å². The van der Waals surface area contributed by atoms with Gasteiger partial charge in [0.25, 0.3) is 5.91 Å². The molecule has 3 rings (SSSR count). The van der Waals surface area contributed by atoms with Crippen LogP contribution in [0.15, 0.2) is 48.5 Å². The van der Waals surface area contributed by atoms with Gasteiger partial charge in [0.05, 0.1) is 12.7 Å². The standard InChI is InChI=1S/C19H21ClN2O2/c1-13-12-24-14(2)11-22(13)18-8-6-17(7-9-18)21-19(23)15-4-3-5-16(20)10-15/h3-10,13-14H,11-12H2,1-2H3,(H,21,23). The molecule has 0 aromatic heterocycles. The van der Waals surface area contributed by atoms with Gasteiger partial charge in [-0.05, 0) is 56.3 Å². The van der Waals surface area contributed by atoms with Gasteiger partial charge in [0, 0.05) is 34.5 Å². The molecule has 1 N–H and O–H groups in total. The Balaban J connectivity index is 1.69. The molecule has 2 aromatic carbocycles. The summed E-state index contributed by atoms with van der Waals surface area (Å²) < 4.78 is 5.67. The maximum atomic E-state index is 12.3. The summed E-state index contributed by atoms with van der Waals surface area (Å²) in [6, 6.07) is 15.2. The molecule has 1 aliphatic heterocycles. The molecule has 1 aliphatic rings. The summed E-state index contributed by atoms with van der Waals surface area (Å²) in [5, 5.41) is 3.44. The van der Waals surface area contributed by atoms with Gasteiger partial charge in [0.15, 0.2) is 0 Å². The van der Waals surface area contributed by atoms with Crippen molar-refractivity contribution in [1.82, 2.24) is 0 Å². The van der Waals surface area contributed by atoms with Crippen molar-refractivity contribution >= 4 is 28.9 Å². The molecule has 0 spiro atoms. The van der Waals surface area contributed by atoms with Crippen LogP contribution in [-0.2, 0) is 4.74 Å². The van der Waals surface area contributed by atoms with Crippen LogP contribution < -0.4 is 10.2 Å². The van der Waals surface area contributed by atoms with E-state index in [0.29, 0.717) is 16.6 Å². The second-order valence-corrected chi connectivity index (χ2v) is 6.59. The Morgan fingerprint density at radius 1 is 1.21 bits per heavy atom. The first-order valence-electron chi connectivity index (χ1n) is 8.08. The highest BCUT2D eigenvalue weighted by Gasteiger charge is 2.23. The van der Waals surface area contributed by atoms with Gasteiger partial charge in [0.1, 0.15) is 0 Å². The molecule has 1 heterocycles. The molecule has 4 nitrogen and oxygen atoms in total. The Labute approximate surface area is 147 Å². The van der Waals surface area contributed by atoms with Crippen molar-refractivity contribution in [1.29, 1.82) is 0 Å². The second kappa shape index (κ2) is 7.24. The molecule has 2 aromatic rings. The van der Waals surface area contributed by atoms with E-state index in [1.54, 1.807) is 24.3 Å². The van der Waals surface area contributed by atoms with E-state index in [0.717, 1.165) is 24.5 Å². The molecule has 24 heavy (non-hydrogen) atoms. The SMILES string of the molecule is CC1CN(c2ccc(NC(=O)c3cccc(Cl)c3)cc2)C(C)CO1. The summed E-state index contributed by atoms with van der Waals surface area (Å²) >= 11 is 5.93. The van der Waals surface area contributed by atoms with E-state index >= 15 is 0 Å². The lowest BCUT2D eigenvalue weighted by Gasteiger charge is -2.38. The van der Waals surface area contributed by atoms with Gasteiger partial charge in [-0.25, -0.2) is 0 Å². The van der Waals surface area contributed by atoms with E-state index < -0.39 is 0 Å². The number of benzene rings is 2. The highest BCUT2D eigenvalue weighted by molar-refractivity contribution is 6.31. The monoisotopic (exact) mass is 344 g/mol. The third-order valence-electron chi connectivity index (χ3n) is 4.15. The molecule has 1 amide bonds. The quantitative estimate of drug-likeness (QED) is 0.907. The Hall–Kier alpha value is -2.04. The lowest BCUT2D eigenvalue weighted by atomic mass is 10.1. The maximum Gasteiger partial charge on any atom is 0.255 e. The summed E-state index contributed by atoms with van der Waals surface area (Å²) in [4.78, 5) is 14.6. The summed E-state index contributed by atoms with van der Waals surface area (Å²) in [5.74, 6) is -0.168. The number of nitrogens with zero attached hydrogens (tertiary/aromatic N) is 1. The van der Waals surface area contributed by atoms with Crippen molar-refractivity contribution in [3.63, 3.8) is 0 Å². The first-order valence-corrected chi connectivity index (χ1v) is 8.46. The Morgan fingerprint density at radius 3 is 2.67 bits per heavy atom. The second-order valence-electron chi connectivity index (χ2n) is 6.16. The molecule has 2 atom stereocenters. The lowest BCUT2D eigenvalue weighted by molar-refractivity contribution is 0.0344. The summed E-state index contributed by atoms with van der Waals surface area (Å²) in [5.41, 5.74) is 2.44. The summed E-state index contributed by atoms with van der Waals surface area (Å²) in [6.45, 7) is 5.84. The summed E-state index contributed by atoms with van der Waals surface area (Å²) in [7, 11) is 0. The minimum absolute atomic E-state index is 0.168. The molecule has 2 unspecified atom stereocenters. The van der Waals surface area contributed by atoms with Gasteiger partial charge >= 0.3 is 0 Å². The van der Waals surface area contributed by atoms with E-state index in [-0.39, 0.29) is 12.0 Å². The number of halogens is 1. The van der Waals surface area contributed by atoms with Gasteiger partial charge in [0.2, 0.25) is 0 Å². The molecule has 0 radical (unpaired) electrons. The van der Waals surface area contributed by atoms with Crippen LogP contribution in [0.1, 0.15) is 24.2 Å². The minimum atomic E-state index is -0.168. The van der Waals surface area contributed by atoms with Crippen molar-refractivity contribution in [2.45, 2.75) is 26.0 Å². The van der Waals surface area contributed by atoms with E-state index in [9.17, 15) is 4.79 Å². The normalized spacial score (nSPS) is 20.7. The molecule has 5 heteroatoms. The maximum absolute atomic E-state index is 12.3. The number of rotatable bonds is 3. The number of nitrogens with one attached hydrogen (secondary N) is 1. The first-order chi connectivity index (χ1) is 11.5. The zero-order valence-electron chi connectivity index (χ0n) is 13.8. The fraction of sp³-hybridized carbons (Fsp3) is 0.316. The van der Waals surface area contributed by atoms with Crippen LogP contribution in [-0.4, -0.2) is 31.2 Å². The van der Waals surface area contributed by atoms with Gasteiger partial charge in [-0.1, -0.05) is 17.7 Å². The largest absolute Gasteiger partial charge is 0.375 e. The number of morpholine rings is 1. The van der Waals surface area contributed by atoms with Crippen LogP contribution in [0.2, 0.25) is 5.02 Å². The zero-order chi connectivity index (χ0) is 17.1. The van der Waals surface area contributed by atoms with Crippen LogP contribution >= 0.6 is 11.6 Å². The average molecular weight is 345 g/mol. The predicted molar refractivity (Wildman–Crippen MR) is 98.1 cm³/mol. The predicted octanol–water partition coefficient (Wildman–Crippen LogP) is 4.21. The summed E-state index contributed by atoms with van der Waals surface area (Å²) in [6.07, 6.45) is 0.225. The van der Waals surface area contributed by atoms with Crippen molar-refractivity contribution < 1.29 is 9.53 Å².